The maximum atomic E-state index is 12.0. The molecule has 18 heavy (non-hydrogen) atoms. The summed E-state index contributed by atoms with van der Waals surface area (Å²) < 4.78 is 0. The minimum absolute atomic E-state index is 0.200. The standard InChI is InChI=1S/C12H9Cl2N3O/c13-7-3-1-4-8(14)10(7)12(18)17-11-9(15)5-2-6-16-11/h1-6H,15H2,(H,16,17,18). The number of nitrogens with one attached hydrogen (secondary N) is 1. The molecule has 0 saturated heterocycles. The Morgan fingerprint density at radius 1 is 1.17 bits per heavy atom. The van der Waals surface area contributed by atoms with Crippen molar-refractivity contribution in [1.29, 1.82) is 0 Å². The molecule has 1 aromatic heterocycles. The highest BCUT2D eigenvalue weighted by Crippen LogP contribution is 2.25. The number of rotatable bonds is 2. The van der Waals surface area contributed by atoms with Crippen LogP contribution in [0.1, 0.15) is 10.4 Å². The lowest BCUT2D eigenvalue weighted by atomic mass is 10.2. The average Bonchev–Trinajstić information content (AvgIpc) is 2.32. The lowest BCUT2D eigenvalue weighted by Crippen LogP contribution is -2.15. The molecule has 0 aliphatic heterocycles. The van der Waals surface area contributed by atoms with Crippen LogP contribution in [0.15, 0.2) is 36.5 Å². The molecule has 0 spiro atoms. The van der Waals surface area contributed by atoms with Gasteiger partial charge >= 0.3 is 0 Å². The van der Waals surface area contributed by atoms with Crippen molar-refractivity contribution in [2.24, 2.45) is 0 Å². The van der Waals surface area contributed by atoms with Crippen molar-refractivity contribution in [3.63, 3.8) is 0 Å². The molecule has 92 valence electrons. The Labute approximate surface area is 114 Å². The van der Waals surface area contributed by atoms with E-state index in [2.05, 4.69) is 10.3 Å². The largest absolute Gasteiger partial charge is 0.396 e. The smallest absolute Gasteiger partial charge is 0.259 e. The normalized spacial score (nSPS) is 10.1. The van der Waals surface area contributed by atoms with Gasteiger partial charge < -0.3 is 11.1 Å². The summed E-state index contributed by atoms with van der Waals surface area (Å²) in [5, 5.41) is 3.11. The third kappa shape index (κ3) is 2.55. The van der Waals surface area contributed by atoms with Crippen LogP contribution in [0.4, 0.5) is 11.5 Å². The van der Waals surface area contributed by atoms with E-state index in [0.717, 1.165) is 0 Å². The van der Waals surface area contributed by atoms with Crippen molar-refractivity contribution >= 4 is 40.6 Å². The van der Waals surface area contributed by atoms with E-state index in [1.165, 1.54) is 6.20 Å². The van der Waals surface area contributed by atoms with Crippen molar-refractivity contribution in [2.45, 2.75) is 0 Å². The molecule has 1 heterocycles. The summed E-state index contributed by atoms with van der Waals surface area (Å²) in [5.74, 6) is -0.172. The summed E-state index contributed by atoms with van der Waals surface area (Å²) >= 11 is 11.9. The first-order chi connectivity index (χ1) is 8.59. The minimum Gasteiger partial charge on any atom is -0.396 e. The number of hydrogen-bond donors (Lipinski definition) is 2. The van der Waals surface area contributed by atoms with E-state index in [0.29, 0.717) is 5.69 Å². The maximum absolute atomic E-state index is 12.0. The zero-order valence-electron chi connectivity index (χ0n) is 9.15. The van der Waals surface area contributed by atoms with E-state index >= 15 is 0 Å². The van der Waals surface area contributed by atoms with E-state index in [4.69, 9.17) is 28.9 Å². The van der Waals surface area contributed by atoms with Crippen LogP contribution < -0.4 is 11.1 Å². The van der Waals surface area contributed by atoms with Crippen LogP contribution in [0.3, 0.4) is 0 Å². The van der Waals surface area contributed by atoms with Gasteiger partial charge in [-0.2, -0.15) is 0 Å². The summed E-state index contributed by atoms with van der Waals surface area (Å²) in [4.78, 5) is 16.0. The van der Waals surface area contributed by atoms with Crippen LogP contribution in [0.5, 0.6) is 0 Å². The van der Waals surface area contributed by atoms with Gasteiger partial charge in [0.2, 0.25) is 0 Å². The molecule has 0 fully saturated rings. The predicted molar refractivity (Wildman–Crippen MR) is 73.1 cm³/mol. The molecule has 0 aliphatic rings. The van der Waals surface area contributed by atoms with Gasteiger partial charge in [-0.25, -0.2) is 4.98 Å². The van der Waals surface area contributed by atoms with E-state index in [-0.39, 0.29) is 21.4 Å². The summed E-state index contributed by atoms with van der Waals surface area (Å²) in [6, 6.07) is 8.15. The Kier molecular flexibility index (Phi) is 3.69. The van der Waals surface area contributed by atoms with Crippen LogP contribution >= 0.6 is 23.2 Å². The van der Waals surface area contributed by atoms with E-state index in [1.54, 1.807) is 30.3 Å². The van der Waals surface area contributed by atoms with Gasteiger partial charge in [0.25, 0.3) is 5.91 Å². The number of aromatic nitrogens is 1. The first kappa shape index (κ1) is 12.7. The van der Waals surface area contributed by atoms with E-state index in [1.807, 2.05) is 0 Å². The molecule has 1 aromatic carbocycles. The van der Waals surface area contributed by atoms with Gasteiger partial charge in [0.05, 0.1) is 21.3 Å². The van der Waals surface area contributed by atoms with Gasteiger partial charge in [-0.15, -0.1) is 0 Å². The number of carbonyl (C=O) groups is 1. The highest BCUT2D eigenvalue weighted by Gasteiger charge is 2.15. The molecule has 0 bridgehead atoms. The second-order valence-corrected chi connectivity index (χ2v) is 4.31. The summed E-state index contributed by atoms with van der Waals surface area (Å²) in [6.07, 6.45) is 1.53. The lowest BCUT2D eigenvalue weighted by Gasteiger charge is -2.09. The molecule has 2 rings (SSSR count). The Morgan fingerprint density at radius 3 is 2.44 bits per heavy atom. The van der Waals surface area contributed by atoms with Crippen LogP contribution in [-0.4, -0.2) is 10.9 Å². The third-order valence-corrected chi connectivity index (χ3v) is 2.89. The fraction of sp³-hybridized carbons (Fsp3) is 0. The average molecular weight is 282 g/mol. The van der Waals surface area contributed by atoms with Gasteiger partial charge in [-0.1, -0.05) is 29.3 Å². The van der Waals surface area contributed by atoms with Gasteiger partial charge in [-0.3, -0.25) is 4.79 Å². The predicted octanol–water partition coefficient (Wildman–Crippen LogP) is 3.22. The number of pyridine rings is 1. The van der Waals surface area contributed by atoms with Crippen molar-refractivity contribution < 1.29 is 4.79 Å². The molecule has 6 heteroatoms. The Balaban J connectivity index is 2.31. The molecule has 0 saturated carbocycles. The Hall–Kier alpha value is -1.78. The van der Waals surface area contributed by atoms with Crippen molar-refractivity contribution in [1.82, 2.24) is 4.98 Å². The van der Waals surface area contributed by atoms with Crippen LogP contribution in [0.25, 0.3) is 0 Å². The summed E-state index contributed by atoms with van der Waals surface area (Å²) in [7, 11) is 0. The molecular formula is C12H9Cl2N3O. The Bertz CT molecular complexity index is 581. The number of nitrogens with zero attached hydrogens (tertiary/aromatic N) is 1. The summed E-state index contributed by atoms with van der Waals surface area (Å²) in [6.45, 7) is 0. The highest BCUT2D eigenvalue weighted by molar-refractivity contribution is 6.40. The molecular weight excluding hydrogens is 273 g/mol. The van der Waals surface area contributed by atoms with Crippen molar-refractivity contribution in [3.05, 3.63) is 52.1 Å². The second-order valence-electron chi connectivity index (χ2n) is 3.49. The zero-order chi connectivity index (χ0) is 13.1. The zero-order valence-corrected chi connectivity index (χ0v) is 10.7. The topological polar surface area (TPSA) is 68.0 Å². The highest BCUT2D eigenvalue weighted by atomic mass is 35.5. The SMILES string of the molecule is Nc1cccnc1NC(=O)c1c(Cl)cccc1Cl. The fourth-order valence-electron chi connectivity index (χ4n) is 1.41. The van der Waals surface area contributed by atoms with Crippen molar-refractivity contribution in [2.75, 3.05) is 11.1 Å². The molecule has 1 amide bonds. The van der Waals surface area contributed by atoms with Crippen LogP contribution in [0.2, 0.25) is 10.0 Å². The molecule has 0 radical (unpaired) electrons. The van der Waals surface area contributed by atoms with Gasteiger partial charge in [-0.05, 0) is 24.3 Å². The number of benzene rings is 1. The number of anilines is 2. The summed E-state index contributed by atoms with van der Waals surface area (Å²) in [5.41, 5.74) is 6.25. The number of halogens is 2. The molecule has 2 aromatic rings. The number of hydrogen-bond acceptors (Lipinski definition) is 3. The van der Waals surface area contributed by atoms with Crippen molar-refractivity contribution in [3.8, 4) is 0 Å². The quantitative estimate of drug-likeness (QED) is 0.888. The molecule has 0 aliphatic carbocycles. The lowest BCUT2D eigenvalue weighted by molar-refractivity contribution is 0.102. The fourth-order valence-corrected chi connectivity index (χ4v) is 1.98. The number of nitrogen functional groups attached to an aromatic ring is 1. The molecule has 0 atom stereocenters. The first-order valence-electron chi connectivity index (χ1n) is 5.05. The van der Waals surface area contributed by atoms with E-state index < -0.39 is 5.91 Å². The second kappa shape index (κ2) is 5.25. The molecule has 0 unspecified atom stereocenters. The molecule has 3 N–H and O–H groups in total. The van der Waals surface area contributed by atoms with Crippen LogP contribution in [-0.2, 0) is 0 Å². The maximum Gasteiger partial charge on any atom is 0.259 e. The first-order valence-corrected chi connectivity index (χ1v) is 5.81. The number of amides is 1. The third-order valence-electron chi connectivity index (χ3n) is 2.26. The molecule has 4 nitrogen and oxygen atoms in total. The number of carbonyl (C=O) groups excluding carboxylic acids is 1. The minimum atomic E-state index is -0.448. The van der Waals surface area contributed by atoms with Gasteiger partial charge in [0, 0.05) is 6.20 Å². The van der Waals surface area contributed by atoms with E-state index in [9.17, 15) is 4.79 Å². The Morgan fingerprint density at radius 2 is 1.83 bits per heavy atom. The van der Waals surface area contributed by atoms with Crippen LogP contribution in [0, 0.1) is 0 Å². The van der Waals surface area contributed by atoms with Gasteiger partial charge in [0.1, 0.15) is 0 Å². The van der Waals surface area contributed by atoms with Gasteiger partial charge in [0.15, 0.2) is 5.82 Å². The monoisotopic (exact) mass is 281 g/mol. The number of nitrogens with two attached hydrogens (primary N) is 1.